The molecule has 0 amide bonds. The fourth-order valence-corrected chi connectivity index (χ4v) is 3.41. The second-order valence-corrected chi connectivity index (χ2v) is 6.80. The van der Waals surface area contributed by atoms with Gasteiger partial charge in [-0.05, 0) is 31.6 Å². The Labute approximate surface area is 173 Å². The Morgan fingerprint density at radius 3 is 2.65 bits per heavy atom. The minimum Gasteiger partial charge on any atom is -0.354 e. The van der Waals surface area contributed by atoms with Crippen molar-refractivity contribution in [3.63, 3.8) is 0 Å². The summed E-state index contributed by atoms with van der Waals surface area (Å²) in [6.45, 7) is 2.70. The molecule has 0 radical (unpaired) electrons. The normalized spacial score (nSPS) is 15.4. The van der Waals surface area contributed by atoms with E-state index in [0.29, 0.717) is 0 Å². The van der Waals surface area contributed by atoms with Crippen molar-refractivity contribution in [3.05, 3.63) is 53.3 Å². The highest BCUT2D eigenvalue weighted by Gasteiger charge is 2.21. The highest BCUT2D eigenvalue weighted by molar-refractivity contribution is 14.0. The van der Waals surface area contributed by atoms with Gasteiger partial charge in [-0.2, -0.15) is 5.10 Å². The van der Waals surface area contributed by atoms with Gasteiger partial charge in [0.1, 0.15) is 0 Å². The summed E-state index contributed by atoms with van der Waals surface area (Å²) < 4.78 is 1.85. The first-order chi connectivity index (χ1) is 12.1. The minimum atomic E-state index is 0. The van der Waals surface area contributed by atoms with E-state index < -0.39 is 0 Å². The zero-order valence-electron chi connectivity index (χ0n) is 16.0. The second-order valence-electron chi connectivity index (χ2n) is 6.80. The van der Waals surface area contributed by atoms with E-state index in [-0.39, 0.29) is 30.0 Å². The number of nitrogens with one attached hydrogen (secondary N) is 1. The van der Waals surface area contributed by atoms with E-state index in [0.717, 1.165) is 32.0 Å². The van der Waals surface area contributed by atoms with Crippen LogP contribution < -0.4 is 5.32 Å². The van der Waals surface area contributed by atoms with Crippen LogP contribution in [-0.2, 0) is 20.0 Å². The van der Waals surface area contributed by atoms with E-state index >= 15 is 0 Å². The van der Waals surface area contributed by atoms with Crippen LogP contribution in [0.5, 0.6) is 0 Å². The molecule has 3 rings (SSSR count). The van der Waals surface area contributed by atoms with Crippen molar-refractivity contribution in [1.82, 2.24) is 24.9 Å². The van der Waals surface area contributed by atoms with Gasteiger partial charge < -0.3 is 15.1 Å². The predicted molar refractivity (Wildman–Crippen MR) is 117 cm³/mol. The van der Waals surface area contributed by atoms with Crippen molar-refractivity contribution >= 4 is 29.9 Å². The van der Waals surface area contributed by atoms with Crippen molar-refractivity contribution in [2.24, 2.45) is 12.0 Å². The lowest BCUT2D eigenvalue weighted by atomic mass is 10.0. The number of rotatable bonds is 4. The number of aromatic nitrogens is 2. The highest BCUT2D eigenvalue weighted by Crippen LogP contribution is 2.19. The molecule has 7 heteroatoms. The summed E-state index contributed by atoms with van der Waals surface area (Å²) in [5, 5.41) is 7.86. The Morgan fingerprint density at radius 1 is 1.31 bits per heavy atom. The van der Waals surface area contributed by atoms with Gasteiger partial charge in [0.15, 0.2) is 5.96 Å². The molecule has 0 fully saturated rings. The molecule has 0 saturated heterocycles. The quantitative estimate of drug-likeness (QED) is 0.425. The molecular formula is C19H29IN6. The van der Waals surface area contributed by atoms with Crippen LogP contribution >= 0.6 is 24.0 Å². The maximum absolute atomic E-state index is 4.51. The van der Waals surface area contributed by atoms with Crippen LogP contribution in [0.25, 0.3) is 0 Å². The van der Waals surface area contributed by atoms with E-state index in [1.54, 1.807) is 0 Å². The molecule has 2 aromatic rings. The average molecular weight is 468 g/mol. The number of hydrogen-bond acceptors (Lipinski definition) is 3. The number of guanidine groups is 1. The molecule has 6 nitrogen and oxygen atoms in total. The Morgan fingerprint density at radius 2 is 2.04 bits per heavy atom. The molecule has 0 spiro atoms. The van der Waals surface area contributed by atoms with Gasteiger partial charge in [0.25, 0.3) is 0 Å². The lowest BCUT2D eigenvalue weighted by Gasteiger charge is -2.33. The first-order valence-corrected chi connectivity index (χ1v) is 8.76. The molecule has 0 saturated carbocycles. The highest BCUT2D eigenvalue weighted by atomic mass is 127. The molecule has 26 heavy (non-hydrogen) atoms. The number of likely N-dealkylation sites (N-methyl/N-ethyl adjacent to an activating group) is 1. The van der Waals surface area contributed by atoms with Crippen LogP contribution in [0.4, 0.5) is 0 Å². The van der Waals surface area contributed by atoms with E-state index in [2.05, 4.69) is 69.8 Å². The summed E-state index contributed by atoms with van der Waals surface area (Å²) in [4.78, 5) is 9.05. The maximum atomic E-state index is 4.51. The lowest BCUT2D eigenvalue weighted by molar-refractivity contribution is 0.292. The number of fused-ring (bicyclic) bond motifs is 1. The summed E-state index contributed by atoms with van der Waals surface area (Å²) in [7, 11) is 8.00. The maximum Gasteiger partial charge on any atom is 0.194 e. The minimum absolute atomic E-state index is 0. The van der Waals surface area contributed by atoms with E-state index in [4.69, 9.17) is 0 Å². The van der Waals surface area contributed by atoms with Crippen LogP contribution in [0.2, 0.25) is 0 Å². The Balaban J connectivity index is 0.00000243. The monoisotopic (exact) mass is 468 g/mol. The molecule has 1 aliphatic heterocycles. The van der Waals surface area contributed by atoms with Gasteiger partial charge in [-0.1, -0.05) is 24.3 Å². The summed E-state index contributed by atoms with van der Waals surface area (Å²) in [5.41, 5.74) is 4.06. The molecule has 1 aromatic heterocycles. The summed E-state index contributed by atoms with van der Waals surface area (Å²) >= 11 is 0. The molecule has 1 unspecified atom stereocenters. The van der Waals surface area contributed by atoms with Gasteiger partial charge in [-0.3, -0.25) is 9.67 Å². The number of hydrogen-bond donors (Lipinski definition) is 1. The predicted octanol–water partition coefficient (Wildman–Crippen LogP) is 2.27. The molecule has 1 atom stereocenters. The number of aliphatic imine (C=N–C) groups is 1. The van der Waals surface area contributed by atoms with Gasteiger partial charge in [-0.15, -0.1) is 24.0 Å². The van der Waals surface area contributed by atoms with E-state index in [9.17, 15) is 0 Å². The molecule has 2 heterocycles. The SMILES string of the molecule is CN=C(NCC(c1cnn(C)c1)N(C)C)N1CCc2ccccc2C1.I. The van der Waals surface area contributed by atoms with Crippen LogP contribution in [0.15, 0.2) is 41.7 Å². The van der Waals surface area contributed by atoms with Gasteiger partial charge in [0.2, 0.25) is 0 Å². The van der Waals surface area contributed by atoms with Crippen LogP contribution in [0, 0.1) is 0 Å². The standard InChI is InChI=1S/C19H28N6.HI/c1-20-19(25-10-9-15-7-5-6-8-16(15)14-25)21-12-18(23(2)3)17-11-22-24(4)13-17;/h5-8,11,13,18H,9-10,12,14H2,1-4H3,(H,20,21);1H. The van der Waals surface area contributed by atoms with Crippen molar-refractivity contribution in [3.8, 4) is 0 Å². The molecule has 1 aliphatic rings. The molecular weight excluding hydrogens is 439 g/mol. The number of benzene rings is 1. The van der Waals surface area contributed by atoms with Crippen LogP contribution in [0.3, 0.4) is 0 Å². The number of aryl methyl sites for hydroxylation is 1. The lowest BCUT2D eigenvalue weighted by Crippen LogP contribution is -2.46. The summed E-state index contributed by atoms with van der Waals surface area (Å²) in [6, 6.07) is 8.93. The van der Waals surface area contributed by atoms with Crippen LogP contribution in [-0.4, -0.2) is 59.8 Å². The van der Waals surface area contributed by atoms with Crippen molar-refractivity contribution in [1.29, 1.82) is 0 Å². The van der Waals surface area contributed by atoms with E-state index in [1.165, 1.54) is 16.7 Å². The largest absolute Gasteiger partial charge is 0.354 e. The van der Waals surface area contributed by atoms with E-state index in [1.807, 2.05) is 25.0 Å². The van der Waals surface area contributed by atoms with Gasteiger partial charge in [0.05, 0.1) is 12.2 Å². The number of nitrogens with zero attached hydrogens (tertiary/aromatic N) is 5. The van der Waals surface area contributed by atoms with Gasteiger partial charge >= 0.3 is 0 Å². The number of halogens is 1. The molecule has 142 valence electrons. The Hall–Kier alpha value is -1.61. The Kier molecular flexibility index (Phi) is 7.45. The zero-order valence-corrected chi connectivity index (χ0v) is 18.3. The molecule has 0 aliphatic carbocycles. The fourth-order valence-electron chi connectivity index (χ4n) is 3.41. The first-order valence-electron chi connectivity index (χ1n) is 8.76. The van der Waals surface area contributed by atoms with Gasteiger partial charge in [-0.25, -0.2) is 0 Å². The fraction of sp³-hybridized carbons (Fsp3) is 0.474. The first kappa shape index (κ1) is 20.7. The van der Waals surface area contributed by atoms with Crippen molar-refractivity contribution in [2.75, 3.05) is 34.2 Å². The second kappa shape index (κ2) is 9.36. The summed E-state index contributed by atoms with van der Waals surface area (Å²) in [5.74, 6) is 0.963. The Bertz CT molecular complexity index is 739. The topological polar surface area (TPSA) is 48.7 Å². The summed E-state index contributed by atoms with van der Waals surface area (Å²) in [6.07, 6.45) is 5.08. The molecule has 1 aromatic carbocycles. The molecule has 0 bridgehead atoms. The van der Waals surface area contributed by atoms with Crippen molar-refractivity contribution in [2.45, 2.75) is 19.0 Å². The third-order valence-corrected chi connectivity index (χ3v) is 4.83. The van der Waals surface area contributed by atoms with Crippen molar-refractivity contribution < 1.29 is 0 Å². The third-order valence-electron chi connectivity index (χ3n) is 4.83. The third kappa shape index (κ3) is 4.76. The smallest absolute Gasteiger partial charge is 0.194 e. The average Bonchev–Trinajstić information content (AvgIpc) is 3.04. The molecule has 1 N–H and O–H groups in total. The zero-order chi connectivity index (χ0) is 17.8. The van der Waals surface area contributed by atoms with Crippen LogP contribution in [0.1, 0.15) is 22.7 Å². The van der Waals surface area contributed by atoms with Gasteiger partial charge in [0, 0.05) is 45.5 Å².